The zero-order valence-corrected chi connectivity index (χ0v) is 9.68. The van der Waals surface area contributed by atoms with E-state index in [2.05, 4.69) is 0 Å². The van der Waals surface area contributed by atoms with Crippen molar-refractivity contribution >= 4 is 22.3 Å². The summed E-state index contributed by atoms with van der Waals surface area (Å²) in [5, 5.41) is 11.3. The molecule has 0 aromatic heterocycles. The Labute approximate surface area is 100 Å². The number of allylic oxidation sites excluding steroid dienone is 1. The first-order chi connectivity index (χ1) is 8.24. The molecule has 86 valence electrons. The Morgan fingerprint density at radius 2 is 1.88 bits per heavy atom. The van der Waals surface area contributed by atoms with Gasteiger partial charge >= 0.3 is 5.97 Å². The maximum absolute atomic E-state index is 11.3. The summed E-state index contributed by atoms with van der Waals surface area (Å²) < 4.78 is 0. The molecule has 0 saturated carbocycles. The van der Waals surface area contributed by atoms with Gasteiger partial charge in [0.1, 0.15) is 0 Å². The van der Waals surface area contributed by atoms with Crippen molar-refractivity contribution < 1.29 is 9.90 Å². The van der Waals surface area contributed by atoms with Crippen molar-refractivity contribution in [3.8, 4) is 0 Å². The summed E-state index contributed by atoms with van der Waals surface area (Å²) in [5.74, 6) is -0.872. The fraction of sp³-hybridized carbons (Fsp3) is 0.133. The molecular formula is C15H14O2. The molecule has 0 unspecified atom stereocenters. The minimum atomic E-state index is -0.872. The van der Waals surface area contributed by atoms with E-state index in [4.69, 9.17) is 0 Å². The highest BCUT2D eigenvalue weighted by molar-refractivity contribution is 6.19. The maximum atomic E-state index is 11.3. The van der Waals surface area contributed by atoms with E-state index in [-0.39, 0.29) is 0 Å². The Morgan fingerprint density at radius 3 is 2.59 bits per heavy atom. The molecule has 0 aliphatic carbocycles. The summed E-state index contributed by atoms with van der Waals surface area (Å²) in [5.41, 5.74) is 1.17. The number of benzene rings is 2. The van der Waals surface area contributed by atoms with Crippen molar-refractivity contribution in [1.29, 1.82) is 0 Å². The van der Waals surface area contributed by atoms with E-state index < -0.39 is 5.97 Å². The van der Waals surface area contributed by atoms with E-state index in [1.54, 1.807) is 6.08 Å². The third-order valence-electron chi connectivity index (χ3n) is 2.72. The molecule has 0 fully saturated rings. The van der Waals surface area contributed by atoms with Crippen LogP contribution < -0.4 is 0 Å². The molecule has 2 heteroatoms. The molecule has 0 radical (unpaired) electrons. The number of hydrogen-bond acceptors (Lipinski definition) is 1. The van der Waals surface area contributed by atoms with Gasteiger partial charge in [0.05, 0.1) is 5.57 Å². The van der Waals surface area contributed by atoms with Gasteiger partial charge in [-0.3, -0.25) is 0 Å². The SMILES string of the molecule is CCC=C(C(=O)O)c1cccc2ccccc12. The molecule has 2 aromatic rings. The monoisotopic (exact) mass is 226 g/mol. The lowest BCUT2D eigenvalue weighted by Gasteiger charge is -2.07. The average molecular weight is 226 g/mol. The number of carboxylic acid groups (broad SMARTS) is 1. The first-order valence-corrected chi connectivity index (χ1v) is 5.65. The Morgan fingerprint density at radius 1 is 1.18 bits per heavy atom. The second kappa shape index (κ2) is 4.83. The first-order valence-electron chi connectivity index (χ1n) is 5.65. The lowest BCUT2D eigenvalue weighted by atomic mass is 9.97. The third kappa shape index (κ3) is 2.21. The van der Waals surface area contributed by atoms with Crippen molar-refractivity contribution in [1.82, 2.24) is 0 Å². The van der Waals surface area contributed by atoms with Crippen LogP contribution in [0.4, 0.5) is 0 Å². The second-order valence-corrected chi connectivity index (χ2v) is 3.86. The third-order valence-corrected chi connectivity index (χ3v) is 2.72. The molecule has 17 heavy (non-hydrogen) atoms. The second-order valence-electron chi connectivity index (χ2n) is 3.86. The molecule has 0 bridgehead atoms. The van der Waals surface area contributed by atoms with Gasteiger partial charge in [0.25, 0.3) is 0 Å². The molecule has 0 aliphatic rings. The number of carbonyl (C=O) groups is 1. The fourth-order valence-electron chi connectivity index (χ4n) is 1.98. The quantitative estimate of drug-likeness (QED) is 0.810. The number of fused-ring (bicyclic) bond motifs is 1. The minimum absolute atomic E-state index is 0.379. The predicted molar refractivity (Wildman–Crippen MR) is 69.9 cm³/mol. The van der Waals surface area contributed by atoms with Gasteiger partial charge in [-0.1, -0.05) is 55.5 Å². The van der Waals surface area contributed by atoms with Gasteiger partial charge in [-0.15, -0.1) is 0 Å². The van der Waals surface area contributed by atoms with Crippen LogP contribution in [0.25, 0.3) is 16.3 Å². The van der Waals surface area contributed by atoms with E-state index in [1.807, 2.05) is 49.4 Å². The Kier molecular flexibility index (Phi) is 3.24. The molecule has 0 spiro atoms. The molecule has 1 N–H and O–H groups in total. The Bertz CT molecular complexity index is 577. The summed E-state index contributed by atoms with van der Waals surface area (Å²) in [6.45, 7) is 1.94. The van der Waals surface area contributed by atoms with Crippen LogP contribution in [0.2, 0.25) is 0 Å². The zero-order valence-electron chi connectivity index (χ0n) is 9.68. The number of aliphatic carboxylic acids is 1. The van der Waals surface area contributed by atoms with Crippen molar-refractivity contribution in [3.63, 3.8) is 0 Å². The molecule has 0 atom stereocenters. The molecule has 0 aliphatic heterocycles. The van der Waals surface area contributed by atoms with Crippen molar-refractivity contribution in [2.45, 2.75) is 13.3 Å². The van der Waals surface area contributed by atoms with Gasteiger partial charge in [-0.25, -0.2) is 4.79 Å². The highest BCUT2D eigenvalue weighted by Gasteiger charge is 2.12. The normalized spacial score (nSPS) is 11.7. The van der Waals surface area contributed by atoms with E-state index in [1.165, 1.54) is 0 Å². The van der Waals surface area contributed by atoms with Crippen LogP contribution in [0.15, 0.2) is 48.5 Å². The van der Waals surface area contributed by atoms with Crippen LogP contribution >= 0.6 is 0 Å². The summed E-state index contributed by atoms with van der Waals surface area (Å²) in [4.78, 5) is 11.3. The largest absolute Gasteiger partial charge is 0.478 e. The van der Waals surface area contributed by atoms with Crippen LogP contribution in [-0.2, 0) is 4.79 Å². The summed E-state index contributed by atoms with van der Waals surface area (Å²) in [6, 6.07) is 13.6. The van der Waals surface area contributed by atoms with E-state index in [0.717, 1.165) is 16.3 Å². The molecule has 2 rings (SSSR count). The summed E-state index contributed by atoms with van der Waals surface area (Å²) in [7, 11) is 0. The number of hydrogen-bond donors (Lipinski definition) is 1. The highest BCUT2D eigenvalue weighted by Crippen LogP contribution is 2.25. The van der Waals surface area contributed by atoms with Gasteiger partial charge in [0.2, 0.25) is 0 Å². The Balaban J connectivity index is 2.69. The first kappa shape index (κ1) is 11.4. The van der Waals surface area contributed by atoms with Gasteiger partial charge in [0, 0.05) is 0 Å². The van der Waals surface area contributed by atoms with Crippen LogP contribution in [0, 0.1) is 0 Å². The van der Waals surface area contributed by atoms with E-state index in [9.17, 15) is 9.90 Å². The predicted octanol–water partition coefficient (Wildman–Crippen LogP) is 3.72. The van der Waals surface area contributed by atoms with Crippen LogP contribution in [0.3, 0.4) is 0 Å². The summed E-state index contributed by atoms with van der Waals surface area (Å²) in [6.07, 6.45) is 2.47. The number of rotatable bonds is 3. The molecule has 2 aromatic carbocycles. The fourth-order valence-corrected chi connectivity index (χ4v) is 1.98. The van der Waals surface area contributed by atoms with E-state index >= 15 is 0 Å². The van der Waals surface area contributed by atoms with Crippen LogP contribution in [0.5, 0.6) is 0 Å². The number of carboxylic acids is 1. The highest BCUT2D eigenvalue weighted by atomic mass is 16.4. The Hall–Kier alpha value is -2.09. The van der Waals surface area contributed by atoms with Gasteiger partial charge in [0.15, 0.2) is 0 Å². The summed E-state index contributed by atoms with van der Waals surface area (Å²) >= 11 is 0. The van der Waals surface area contributed by atoms with Crippen molar-refractivity contribution in [3.05, 3.63) is 54.1 Å². The molecule has 0 heterocycles. The van der Waals surface area contributed by atoms with Gasteiger partial charge in [-0.05, 0) is 22.8 Å². The lowest BCUT2D eigenvalue weighted by molar-refractivity contribution is -0.130. The average Bonchev–Trinajstić information content (AvgIpc) is 2.35. The smallest absolute Gasteiger partial charge is 0.335 e. The molecule has 0 amide bonds. The lowest BCUT2D eigenvalue weighted by Crippen LogP contribution is -2.00. The van der Waals surface area contributed by atoms with Gasteiger partial charge < -0.3 is 5.11 Å². The van der Waals surface area contributed by atoms with Gasteiger partial charge in [-0.2, -0.15) is 0 Å². The van der Waals surface area contributed by atoms with Crippen molar-refractivity contribution in [2.24, 2.45) is 0 Å². The van der Waals surface area contributed by atoms with Crippen LogP contribution in [-0.4, -0.2) is 11.1 Å². The molecular weight excluding hydrogens is 212 g/mol. The van der Waals surface area contributed by atoms with Crippen LogP contribution in [0.1, 0.15) is 18.9 Å². The van der Waals surface area contributed by atoms with Crippen molar-refractivity contribution in [2.75, 3.05) is 0 Å². The minimum Gasteiger partial charge on any atom is -0.478 e. The molecule has 2 nitrogen and oxygen atoms in total. The standard InChI is InChI=1S/C15H14O2/c1-2-6-14(15(16)17)13-10-5-8-11-7-3-4-9-12(11)13/h3-10H,2H2,1H3,(H,16,17). The van der Waals surface area contributed by atoms with E-state index in [0.29, 0.717) is 12.0 Å². The topological polar surface area (TPSA) is 37.3 Å². The maximum Gasteiger partial charge on any atom is 0.335 e. The zero-order chi connectivity index (χ0) is 12.3. The molecule has 0 saturated heterocycles.